The molecule has 2 aromatic heterocycles. The number of halogens is 1. The average Bonchev–Trinajstić information content (AvgIpc) is 2.87. The first-order valence-electron chi connectivity index (χ1n) is 12.0. The first kappa shape index (κ1) is 25.4. The van der Waals surface area contributed by atoms with E-state index in [9.17, 15) is 9.59 Å². The van der Waals surface area contributed by atoms with Gasteiger partial charge in [0.15, 0.2) is 5.82 Å². The van der Waals surface area contributed by atoms with E-state index in [-0.39, 0.29) is 11.8 Å². The van der Waals surface area contributed by atoms with Gasteiger partial charge < -0.3 is 20.9 Å². The number of fused-ring (bicyclic) bond motifs is 6. The molecule has 10 heteroatoms. The number of likely N-dealkylation sites (tertiary alicyclic amines) is 1. The molecule has 0 atom stereocenters. The summed E-state index contributed by atoms with van der Waals surface area (Å²) < 4.78 is 0. The van der Waals surface area contributed by atoms with Gasteiger partial charge in [-0.1, -0.05) is 11.6 Å². The van der Waals surface area contributed by atoms with Crippen LogP contribution in [0.4, 0.5) is 28.8 Å². The second kappa shape index (κ2) is 11.8. The van der Waals surface area contributed by atoms with E-state index in [1.54, 1.807) is 19.3 Å². The second-order valence-corrected chi connectivity index (χ2v) is 9.25. The second-order valence-electron chi connectivity index (χ2n) is 8.84. The number of piperidine rings is 1. The van der Waals surface area contributed by atoms with Gasteiger partial charge in [-0.15, -0.1) is 0 Å². The lowest BCUT2D eigenvalue weighted by molar-refractivity contribution is -0.129. The van der Waals surface area contributed by atoms with Crippen molar-refractivity contribution in [1.29, 1.82) is 0 Å². The van der Waals surface area contributed by atoms with Gasteiger partial charge >= 0.3 is 0 Å². The average molecular weight is 508 g/mol. The summed E-state index contributed by atoms with van der Waals surface area (Å²) >= 11 is 6.25. The van der Waals surface area contributed by atoms with Gasteiger partial charge in [-0.3, -0.25) is 14.6 Å². The Kier molecular flexibility index (Phi) is 8.32. The molecule has 2 aliphatic heterocycles. The van der Waals surface area contributed by atoms with Gasteiger partial charge in [0.2, 0.25) is 17.8 Å². The molecule has 0 saturated carbocycles. The quantitative estimate of drug-likeness (QED) is 0.420. The van der Waals surface area contributed by atoms with Crippen molar-refractivity contribution < 1.29 is 9.59 Å². The van der Waals surface area contributed by atoms with Crippen LogP contribution in [0.2, 0.25) is 5.02 Å². The number of hydrogen-bond acceptors (Lipinski definition) is 7. The van der Waals surface area contributed by atoms with E-state index in [1.165, 1.54) is 26.2 Å². The summed E-state index contributed by atoms with van der Waals surface area (Å²) in [5, 5.41) is 9.68. The van der Waals surface area contributed by atoms with Crippen LogP contribution in [0.5, 0.6) is 0 Å². The highest BCUT2D eigenvalue weighted by molar-refractivity contribution is 6.32. The Labute approximate surface area is 215 Å². The van der Waals surface area contributed by atoms with E-state index in [4.69, 9.17) is 11.6 Å². The lowest BCUT2D eigenvalue weighted by Crippen LogP contribution is -2.33. The maximum Gasteiger partial charge on any atom is 0.229 e. The van der Waals surface area contributed by atoms with Gasteiger partial charge in [-0.2, -0.15) is 4.98 Å². The first-order chi connectivity index (χ1) is 17.4. The Hall–Kier alpha value is -3.72. The molecular weight excluding hydrogens is 478 g/mol. The zero-order chi connectivity index (χ0) is 25.5. The van der Waals surface area contributed by atoms with E-state index < -0.39 is 0 Å². The van der Waals surface area contributed by atoms with Gasteiger partial charge in [0.1, 0.15) is 5.02 Å². The maximum absolute atomic E-state index is 11.5. The molecule has 5 rings (SSSR count). The fourth-order valence-corrected chi connectivity index (χ4v) is 4.29. The first-order valence-corrected chi connectivity index (χ1v) is 12.4. The van der Waals surface area contributed by atoms with Gasteiger partial charge in [-0.25, -0.2) is 4.98 Å². The number of rotatable bonds is 1. The molecule has 0 unspecified atom stereocenters. The molecule has 9 nitrogen and oxygen atoms in total. The molecule has 1 aromatic carbocycles. The van der Waals surface area contributed by atoms with Crippen LogP contribution in [0.3, 0.4) is 0 Å². The number of aryl methyl sites for hydroxylation is 2. The Bertz CT molecular complexity index is 1240. The SMILES string of the molecule is CC(=O)N1CCCCC1.CC(=O)Nc1ccc2cc1CCc1cncc(c1)Nc1ncc(Cl)c(n1)N2. The number of benzene rings is 1. The third-order valence-corrected chi connectivity index (χ3v) is 6.23. The van der Waals surface area contributed by atoms with Crippen LogP contribution >= 0.6 is 11.6 Å². The predicted molar refractivity (Wildman–Crippen MR) is 142 cm³/mol. The number of carbonyl (C=O) groups excluding carboxylic acids is 2. The number of carbonyl (C=O) groups is 2. The smallest absolute Gasteiger partial charge is 0.229 e. The molecule has 0 radical (unpaired) electrons. The lowest BCUT2D eigenvalue weighted by Gasteiger charge is -2.24. The lowest BCUT2D eigenvalue weighted by atomic mass is 10.0. The largest absolute Gasteiger partial charge is 0.343 e. The van der Waals surface area contributed by atoms with Crippen LogP contribution in [0.25, 0.3) is 0 Å². The molecule has 1 saturated heterocycles. The van der Waals surface area contributed by atoms with Gasteiger partial charge in [0.25, 0.3) is 0 Å². The summed E-state index contributed by atoms with van der Waals surface area (Å²) in [5.74, 6) is 1.05. The third-order valence-electron chi connectivity index (χ3n) is 5.96. The minimum absolute atomic E-state index is 0.105. The highest BCUT2D eigenvalue weighted by Gasteiger charge is 2.12. The molecule has 3 N–H and O–H groups in total. The van der Waals surface area contributed by atoms with E-state index in [2.05, 4.69) is 30.9 Å². The molecule has 0 spiro atoms. The Balaban J connectivity index is 0.000000286. The van der Waals surface area contributed by atoms with E-state index in [1.807, 2.05) is 35.4 Å². The summed E-state index contributed by atoms with van der Waals surface area (Å²) in [6.45, 7) is 5.11. The zero-order valence-corrected chi connectivity index (χ0v) is 21.2. The molecule has 36 heavy (non-hydrogen) atoms. The third kappa shape index (κ3) is 6.91. The Morgan fingerprint density at radius 2 is 1.78 bits per heavy atom. The van der Waals surface area contributed by atoms with Crippen molar-refractivity contribution in [3.8, 4) is 0 Å². The molecule has 1 fully saturated rings. The van der Waals surface area contributed by atoms with E-state index >= 15 is 0 Å². The van der Waals surface area contributed by atoms with E-state index in [0.29, 0.717) is 16.8 Å². The van der Waals surface area contributed by atoms with Crippen molar-refractivity contribution >= 4 is 52.2 Å². The van der Waals surface area contributed by atoms with Gasteiger partial charge in [-0.05, 0) is 67.5 Å². The predicted octanol–water partition coefficient (Wildman–Crippen LogP) is 5.09. The summed E-state index contributed by atoms with van der Waals surface area (Å²) in [7, 11) is 0. The van der Waals surface area contributed by atoms with Crippen molar-refractivity contribution in [2.45, 2.75) is 46.0 Å². The molecule has 0 aliphatic carbocycles. The Morgan fingerprint density at radius 3 is 2.50 bits per heavy atom. The zero-order valence-electron chi connectivity index (χ0n) is 20.5. The fraction of sp³-hybridized carbons (Fsp3) is 0.346. The summed E-state index contributed by atoms with van der Waals surface area (Å²) in [6.07, 6.45) is 10.3. The minimum atomic E-state index is -0.105. The molecular formula is C26H30ClN7O2. The molecule has 3 aromatic rings. The highest BCUT2D eigenvalue weighted by Crippen LogP contribution is 2.29. The Morgan fingerprint density at radius 1 is 0.972 bits per heavy atom. The van der Waals surface area contributed by atoms with Crippen LogP contribution in [0.15, 0.2) is 42.9 Å². The fourth-order valence-electron chi connectivity index (χ4n) is 4.15. The number of aromatic nitrogens is 3. The van der Waals surface area contributed by atoms with Crippen LogP contribution in [0, 0.1) is 0 Å². The van der Waals surface area contributed by atoms with Gasteiger partial charge in [0, 0.05) is 44.5 Å². The van der Waals surface area contributed by atoms with Crippen molar-refractivity contribution in [1.82, 2.24) is 19.9 Å². The van der Waals surface area contributed by atoms with Crippen molar-refractivity contribution in [2.24, 2.45) is 0 Å². The van der Waals surface area contributed by atoms with Crippen LogP contribution in [-0.4, -0.2) is 44.8 Å². The number of amides is 2. The number of hydrogen-bond donors (Lipinski definition) is 3. The number of nitrogens with zero attached hydrogens (tertiary/aromatic N) is 4. The molecule has 6 bridgehead atoms. The summed E-state index contributed by atoms with van der Waals surface area (Å²) in [4.78, 5) is 37.1. The molecule has 4 heterocycles. The topological polar surface area (TPSA) is 112 Å². The number of anilines is 5. The summed E-state index contributed by atoms with van der Waals surface area (Å²) in [5.41, 5.74) is 4.50. The highest BCUT2D eigenvalue weighted by atomic mass is 35.5. The van der Waals surface area contributed by atoms with Crippen molar-refractivity contribution in [2.75, 3.05) is 29.0 Å². The minimum Gasteiger partial charge on any atom is -0.343 e. The maximum atomic E-state index is 11.5. The molecule has 2 aliphatic rings. The van der Waals surface area contributed by atoms with Crippen LogP contribution in [-0.2, 0) is 22.4 Å². The monoisotopic (exact) mass is 507 g/mol. The van der Waals surface area contributed by atoms with Crippen molar-refractivity contribution in [3.05, 3.63) is 59.0 Å². The molecule has 2 amide bonds. The van der Waals surface area contributed by atoms with Crippen molar-refractivity contribution in [3.63, 3.8) is 0 Å². The molecule has 188 valence electrons. The normalized spacial score (nSPS) is 14.4. The number of nitrogens with one attached hydrogen (secondary N) is 3. The van der Waals surface area contributed by atoms with Gasteiger partial charge in [0.05, 0.1) is 18.1 Å². The standard InChI is InChI=1S/C19H17ClN6O.C7H13NO/c1-11(27)23-17-5-4-14-7-13(17)3-2-12-6-15(9-21-8-12)25-19-22-10-16(20)18(24-14)26-19;1-7(9)8-5-3-2-4-6-8/h4-10H,2-3H2,1H3,(H,23,27)(H2,22,24,25,26);2-6H2,1H3. The van der Waals surface area contributed by atoms with Crippen LogP contribution < -0.4 is 16.0 Å². The van der Waals surface area contributed by atoms with E-state index in [0.717, 1.165) is 54.1 Å². The number of pyridine rings is 1. The van der Waals surface area contributed by atoms with Crippen LogP contribution in [0.1, 0.15) is 44.2 Å². The summed E-state index contributed by atoms with van der Waals surface area (Å²) in [6, 6.07) is 7.76.